The van der Waals surface area contributed by atoms with Gasteiger partial charge in [0.1, 0.15) is 11.6 Å². The molecule has 0 saturated carbocycles. The number of hydrogen-bond donors (Lipinski definition) is 1. The number of pyridine rings is 1. The van der Waals surface area contributed by atoms with Gasteiger partial charge < -0.3 is 14.4 Å². The van der Waals surface area contributed by atoms with Crippen molar-refractivity contribution in [3.8, 4) is 11.1 Å². The van der Waals surface area contributed by atoms with E-state index >= 15 is 0 Å². The zero-order chi connectivity index (χ0) is 22.9. The van der Waals surface area contributed by atoms with Crippen molar-refractivity contribution in [2.45, 2.75) is 71.9 Å². The van der Waals surface area contributed by atoms with Crippen molar-refractivity contribution in [1.29, 1.82) is 0 Å². The molecule has 1 heterocycles. The second kappa shape index (κ2) is 9.16. The highest BCUT2D eigenvalue weighted by molar-refractivity contribution is 6.74. The van der Waals surface area contributed by atoms with Crippen molar-refractivity contribution in [3.63, 3.8) is 0 Å². The third-order valence-electron chi connectivity index (χ3n) is 6.05. The molecule has 6 heteroatoms. The number of hydrogen-bond acceptors (Lipinski definition) is 4. The van der Waals surface area contributed by atoms with Crippen LogP contribution in [0.1, 0.15) is 57.4 Å². The molecule has 0 aliphatic carbocycles. The first-order valence-electron chi connectivity index (χ1n) is 10.5. The molecule has 0 aliphatic rings. The van der Waals surface area contributed by atoms with Gasteiger partial charge in [-0.2, -0.15) is 0 Å². The maximum atomic E-state index is 13.6. The molecule has 0 spiro atoms. The summed E-state index contributed by atoms with van der Waals surface area (Å²) in [5.41, 5.74) is 4.44. The molecule has 1 aromatic heterocycles. The first-order valence-corrected chi connectivity index (χ1v) is 13.4. The molecule has 0 bridgehead atoms. The van der Waals surface area contributed by atoms with Crippen LogP contribution in [-0.4, -0.2) is 32.5 Å². The Morgan fingerprint density at radius 1 is 1.10 bits per heavy atom. The van der Waals surface area contributed by atoms with Gasteiger partial charge in [-0.05, 0) is 47.3 Å². The molecule has 0 aliphatic heterocycles. The van der Waals surface area contributed by atoms with Gasteiger partial charge in [-0.25, -0.2) is 9.37 Å². The van der Waals surface area contributed by atoms with Crippen molar-refractivity contribution in [3.05, 3.63) is 46.9 Å². The third kappa shape index (κ3) is 5.10. The molecule has 0 saturated heterocycles. The standard InChI is InChI=1S/C24H37FN2O2Si/c1-16(2)22-20(15-29-30(8,9)24(3,4)5)21(17-10-12-18(25)13-11-17)19(14-28)23(26-22)27(6)7/h10-13,16,28H,14-15H2,1-9H3. The van der Waals surface area contributed by atoms with Crippen molar-refractivity contribution in [2.75, 3.05) is 19.0 Å². The van der Waals surface area contributed by atoms with Gasteiger partial charge in [-0.3, -0.25) is 0 Å². The van der Waals surface area contributed by atoms with Crippen molar-refractivity contribution in [2.24, 2.45) is 0 Å². The summed E-state index contributed by atoms with van der Waals surface area (Å²) in [4.78, 5) is 6.86. The molecule has 1 N–H and O–H groups in total. The largest absolute Gasteiger partial charge is 0.412 e. The number of benzene rings is 1. The normalized spacial score (nSPS) is 12.5. The van der Waals surface area contributed by atoms with E-state index in [0.717, 1.165) is 33.8 Å². The van der Waals surface area contributed by atoms with Gasteiger partial charge in [0, 0.05) is 25.2 Å². The lowest BCUT2D eigenvalue weighted by Crippen LogP contribution is -2.40. The van der Waals surface area contributed by atoms with Crippen LogP contribution in [0.15, 0.2) is 24.3 Å². The van der Waals surface area contributed by atoms with E-state index in [4.69, 9.17) is 9.41 Å². The zero-order valence-electron chi connectivity index (χ0n) is 19.9. The summed E-state index contributed by atoms with van der Waals surface area (Å²) in [6, 6.07) is 6.45. The first-order chi connectivity index (χ1) is 13.8. The number of halogens is 1. The minimum absolute atomic E-state index is 0.0812. The Hall–Kier alpha value is -1.76. The van der Waals surface area contributed by atoms with Gasteiger partial charge >= 0.3 is 0 Å². The lowest BCUT2D eigenvalue weighted by Gasteiger charge is -2.37. The van der Waals surface area contributed by atoms with Gasteiger partial charge in [-0.15, -0.1) is 0 Å². The van der Waals surface area contributed by atoms with Crippen molar-refractivity contribution >= 4 is 14.1 Å². The molecule has 0 unspecified atom stereocenters. The Balaban J connectivity index is 2.78. The van der Waals surface area contributed by atoms with Gasteiger partial charge in [0.25, 0.3) is 0 Å². The van der Waals surface area contributed by atoms with Crippen LogP contribution in [0.2, 0.25) is 18.1 Å². The predicted molar refractivity (Wildman–Crippen MR) is 126 cm³/mol. The summed E-state index contributed by atoms with van der Waals surface area (Å²) in [7, 11) is 1.84. The number of rotatable bonds is 7. The van der Waals surface area contributed by atoms with Crippen LogP contribution < -0.4 is 4.90 Å². The number of nitrogens with zero attached hydrogens (tertiary/aromatic N) is 2. The van der Waals surface area contributed by atoms with Crippen LogP contribution in [0.25, 0.3) is 11.1 Å². The van der Waals surface area contributed by atoms with E-state index < -0.39 is 8.32 Å². The molecule has 2 aromatic rings. The fourth-order valence-electron chi connectivity index (χ4n) is 3.25. The lowest BCUT2D eigenvalue weighted by atomic mass is 9.91. The maximum absolute atomic E-state index is 13.6. The van der Waals surface area contributed by atoms with Crippen LogP contribution in [-0.2, 0) is 17.6 Å². The molecule has 0 radical (unpaired) electrons. The minimum Gasteiger partial charge on any atom is -0.412 e. The Bertz CT molecular complexity index is 872. The molecular formula is C24H37FN2O2Si. The Morgan fingerprint density at radius 3 is 2.10 bits per heavy atom. The highest BCUT2D eigenvalue weighted by atomic mass is 28.4. The van der Waals surface area contributed by atoms with Crippen molar-refractivity contribution in [1.82, 2.24) is 4.98 Å². The molecule has 1 aromatic carbocycles. The summed E-state index contributed by atoms with van der Waals surface area (Å²) in [6.07, 6.45) is 0. The fraction of sp³-hybridized carbons (Fsp3) is 0.542. The predicted octanol–water partition coefficient (Wildman–Crippen LogP) is 6.09. The van der Waals surface area contributed by atoms with E-state index in [9.17, 15) is 9.50 Å². The second-order valence-corrected chi connectivity index (χ2v) is 14.7. The van der Waals surface area contributed by atoms with E-state index in [1.54, 1.807) is 12.1 Å². The average molecular weight is 433 g/mol. The quantitative estimate of drug-likeness (QED) is 0.538. The Morgan fingerprint density at radius 2 is 1.67 bits per heavy atom. The monoisotopic (exact) mass is 432 g/mol. The van der Waals surface area contributed by atoms with Crippen LogP contribution in [0.5, 0.6) is 0 Å². The summed E-state index contributed by atoms with van der Waals surface area (Å²) >= 11 is 0. The average Bonchev–Trinajstić information content (AvgIpc) is 2.64. The van der Waals surface area contributed by atoms with Crippen LogP contribution >= 0.6 is 0 Å². The topological polar surface area (TPSA) is 45.6 Å². The van der Waals surface area contributed by atoms with Crippen molar-refractivity contribution < 1.29 is 13.9 Å². The van der Waals surface area contributed by atoms with E-state index in [2.05, 4.69) is 47.7 Å². The van der Waals surface area contributed by atoms with Gasteiger partial charge in [0.15, 0.2) is 8.32 Å². The maximum Gasteiger partial charge on any atom is 0.192 e. The lowest BCUT2D eigenvalue weighted by molar-refractivity contribution is 0.271. The number of aromatic nitrogens is 1. The SMILES string of the molecule is CC(C)c1nc(N(C)C)c(CO)c(-c2ccc(F)cc2)c1CO[Si](C)(C)C(C)(C)C. The third-order valence-corrected chi connectivity index (χ3v) is 10.5. The van der Waals surface area contributed by atoms with E-state index in [1.165, 1.54) is 12.1 Å². The van der Waals surface area contributed by atoms with Gasteiger partial charge in [0.05, 0.1) is 18.9 Å². The van der Waals surface area contributed by atoms with E-state index in [0.29, 0.717) is 6.61 Å². The first kappa shape index (κ1) is 24.5. The van der Waals surface area contributed by atoms with Gasteiger partial charge in [-0.1, -0.05) is 46.8 Å². The molecule has 2 rings (SSSR count). The minimum atomic E-state index is -2.00. The summed E-state index contributed by atoms with van der Waals surface area (Å²) in [6.45, 7) is 15.6. The highest BCUT2D eigenvalue weighted by Gasteiger charge is 2.37. The highest BCUT2D eigenvalue weighted by Crippen LogP contribution is 2.41. The van der Waals surface area contributed by atoms with Crippen LogP contribution in [0, 0.1) is 5.82 Å². The van der Waals surface area contributed by atoms with Crippen LogP contribution in [0.4, 0.5) is 10.2 Å². The number of aliphatic hydroxyl groups is 1. The summed E-state index contributed by atoms with van der Waals surface area (Å²) in [5, 5.41) is 10.4. The summed E-state index contributed by atoms with van der Waals surface area (Å²) < 4.78 is 20.2. The summed E-state index contributed by atoms with van der Waals surface area (Å²) in [5.74, 6) is 0.625. The Kier molecular flexibility index (Phi) is 7.48. The molecule has 4 nitrogen and oxygen atoms in total. The zero-order valence-corrected chi connectivity index (χ0v) is 20.9. The smallest absolute Gasteiger partial charge is 0.192 e. The number of aliphatic hydroxyl groups excluding tert-OH is 1. The molecule has 0 atom stereocenters. The Labute approximate surface area is 182 Å². The fourth-order valence-corrected chi connectivity index (χ4v) is 4.19. The van der Waals surface area contributed by atoms with E-state index in [1.807, 2.05) is 19.0 Å². The van der Waals surface area contributed by atoms with E-state index in [-0.39, 0.29) is 23.4 Å². The molecule has 30 heavy (non-hydrogen) atoms. The molecule has 0 amide bonds. The molecule has 166 valence electrons. The second-order valence-electron chi connectivity index (χ2n) is 9.92. The van der Waals surface area contributed by atoms with Crippen LogP contribution in [0.3, 0.4) is 0 Å². The molecular weight excluding hydrogens is 395 g/mol. The molecule has 0 fully saturated rings. The number of anilines is 1. The van der Waals surface area contributed by atoms with Gasteiger partial charge in [0.2, 0.25) is 0 Å².